The predicted octanol–water partition coefficient (Wildman–Crippen LogP) is 2.51. The van der Waals surface area contributed by atoms with E-state index in [0.29, 0.717) is 6.04 Å². The highest BCUT2D eigenvalue weighted by Crippen LogP contribution is 2.31. The van der Waals surface area contributed by atoms with Crippen molar-refractivity contribution in [1.82, 2.24) is 20.1 Å². The number of nitrogens with one attached hydrogen (secondary N) is 1. The van der Waals surface area contributed by atoms with E-state index in [2.05, 4.69) is 37.6 Å². The number of aromatic amines is 1. The normalized spacial score (nSPS) is 21.1. The van der Waals surface area contributed by atoms with Crippen molar-refractivity contribution >= 4 is 11.3 Å². The largest absolute Gasteiger partial charge is 0.288 e. The van der Waals surface area contributed by atoms with Crippen LogP contribution in [0, 0.1) is 6.92 Å². The molecule has 3 heterocycles. The fourth-order valence-corrected chi connectivity index (χ4v) is 3.15. The Balaban J connectivity index is 1.76. The van der Waals surface area contributed by atoms with Crippen molar-refractivity contribution in [3.63, 3.8) is 0 Å². The molecule has 2 aromatic heterocycles. The minimum absolute atomic E-state index is 0.391. The highest BCUT2D eigenvalue weighted by Gasteiger charge is 2.28. The van der Waals surface area contributed by atoms with Crippen LogP contribution >= 0.6 is 11.3 Å². The Kier molecular flexibility index (Phi) is 2.94. The van der Waals surface area contributed by atoms with Crippen LogP contribution in [0.2, 0.25) is 0 Å². The number of rotatable bonds is 3. The van der Waals surface area contributed by atoms with Gasteiger partial charge in [0.2, 0.25) is 0 Å². The maximum atomic E-state index is 4.47. The van der Waals surface area contributed by atoms with Crippen LogP contribution in [-0.2, 0) is 6.54 Å². The zero-order valence-corrected chi connectivity index (χ0v) is 10.7. The molecule has 0 aliphatic carbocycles. The molecule has 3 rings (SSSR count). The second-order valence-corrected chi connectivity index (χ2v) is 5.52. The van der Waals surface area contributed by atoms with E-state index in [1.165, 1.54) is 17.7 Å². The predicted molar refractivity (Wildman–Crippen MR) is 67.8 cm³/mol. The average Bonchev–Trinajstić information content (AvgIpc) is 2.99. The minimum atomic E-state index is 0.391. The van der Waals surface area contributed by atoms with Crippen molar-refractivity contribution in [3.8, 4) is 0 Å². The highest BCUT2D eigenvalue weighted by molar-refractivity contribution is 7.09. The molecule has 90 valence electrons. The van der Waals surface area contributed by atoms with Gasteiger partial charge in [0, 0.05) is 11.4 Å². The topological polar surface area (TPSA) is 44.8 Å². The molecule has 5 heteroatoms. The van der Waals surface area contributed by atoms with Gasteiger partial charge in [0.1, 0.15) is 5.82 Å². The summed E-state index contributed by atoms with van der Waals surface area (Å²) in [5.74, 6) is 1.86. The number of aromatic nitrogens is 3. The molecule has 17 heavy (non-hydrogen) atoms. The van der Waals surface area contributed by atoms with Gasteiger partial charge in [0.05, 0.1) is 6.04 Å². The lowest BCUT2D eigenvalue weighted by atomic mass is 10.2. The van der Waals surface area contributed by atoms with Crippen molar-refractivity contribution in [1.29, 1.82) is 0 Å². The second-order valence-electron chi connectivity index (χ2n) is 4.49. The molecule has 0 radical (unpaired) electrons. The van der Waals surface area contributed by atoms with Gasteiger partial charge in [-0.3, -0.25) is 10.00 Å². The molecule has 1 fully saturated rings. The van der Waals surface area contributed by atoms with Crippen LogP contribution < -0.4 is 0 Å². The number of likely N-dealkylation sites (tertiary alicyclic amines) is 1. The number of aryl methyl sites for hydroxylation is 1. The quantitative estimate of drug-likeness (QED) is 0.907. The monoisotopic (exact) mass is 248 g/mol. The second kappa shape index (κ2) is 4.58. The molecule has 1 aliphatic rings. The van der Waals surface area contributed by atoms with Crippen LogP contribution in [-0.4, -0.2) is 26.6 Å². The molecule has 0 bridgehead atoms. The molecule has 0 saturated carbocycles. The Morgan fingerprint density at radius 3 is 3.24 bits per heavy atom. The average molecular weight is 248 g/mol. The summed E-state index contributed by atoms with van der Waals surface area (Å²) in [4.78, 5) is 8.37. The third-order valence-corrected chi connectivity index (χ3v) is 4.08. The molecule has 0 aromatic carbocycles. The first-order valence-corrected chi connectivity index (χ1v) is 6.86. The van der Waals surface area contributed by atoms with E-state index in [-0.39, 0.29) is 0 Å². The van der Waals surface area contributed by atoms with E-state index >= 15 is 0 Å². The molecule has 0 amide bonds. The maximum Gasteiger partial charge on any atom is 0.167 e. The molecular formula is C12H16N4S. The van der Waals surface area contributed by atoms with Crippen molar-refractivity contribution in [2.24, 2.45) is 0 Å². The molecular weight excluding hydrogens is 232 g/mol. The van der Waals surface area contributed by atoms with Gasteiger partial charge in [-0.25, -0.2) is 4.98 Å². The lowest BCUT2D eigenvalue weighted by Crippen LogP contribution is -2.23. The van der Waals surface area contributed by atoms with Gasteiger partial charge in [0.15, 0.2) is 5.82 Å². The number of H-pyrrole nitrogens is 1. The molecule has 0 spiro atoms. The van der Waals surface area contributed by atoms with Crippen LogP contribution in [0.4, 0.5) is 0 Å². The van der Waals surface area contributed by atoms with Crippen molar-refractivity contribution < 1.29 is 0 Å². The number of hydrogen-bond donors (Lipinski definition) is 1. The summed E-state index contributed by atoms with van der Waals surface area (Å²) >= 11 is 1.82. The molecule has 1 N–H and O–H groups in total. The lowest BCUT2D eigenvalue weighted by Gasteiger charge is -2.21. The highest BCUT2D eigenvalue weighted by atomic mass is 32.1. The zero-order chi connectivity index (χ0) is 11.7. The van der Waals surface area contributed by atoms with Gasteiger partial charge in [-0.05, 0) is 37.8 Å². The smallest absolute Gasteiger partial charge is 0.167 e. The summed E-state index contributed by atoms with van der Waals surface area (Å²) in [6.45, 7) is 4.13. The first-order chi connectivity index (χ1) is 8.33. The van der Waals surface area contributed by atoms with Crippen molar-refractivity contribution in [2.75, 3.05) is 6.54 Å². The summed E-state index contributed by atoms with van der Waals surface area (Å²) in [7, 11) is 0. The van der Waals surface area contributed by atoms with Gasteiger partial charge in [-0.15, -0.1) is 11.3 Å². The summed E-state index contributed by atoms with van der Waals surface area (Å²) in [6, 6.07) is 4.70. The Bertz CT molecular complexity index is 476. The molecule has 2 aromatic rings. The Labute approximate surface area is 105 Å². The van der Waals surface area contributed by atoms with Crippen LogP contribution in [0.1, 0.15) is 35.4 Å². The van der Waals surface area contributed by atoms with Crippen LogP contribution in [0.15, 0.2) is 17.5 Å². The van der Waals surface area contributed by atoms with E-state index in [0.717, 1.165) is 24.7 Å². The summed E-state index contributed by atoms with van der Waals surface area (Å²) in [5, 5.41) is 9.38. The molecule has 1 saturated heterocycles. The fraction of sp³-hybridized carbons (Fsp3) is 0.500. The van der Waals surface area contributed by atoms with Gasteiger partial charge in [0.25, 0.3) is 0 Å². The van der Waals surface area contributed by atoms with Crippen LogP contribution in [0.3, 0.4) is 0 Å². The summed E-state index contributed by atoms with van der Waals surface area (Å²) < 4.78 is 0. The molecule has 1 aliphatic heterocycles. The fourth-order valence-electron chi connectivity index (χ4n) is 2.42. The van der Waals surface area contributed by atoms with E-state index in [4.69, 9.17) is 0 Å². The van der Waals surface area contributed by atoms with Crippen LogP contribution in [0.5, 0.6) is 0 Å². The third-order valence-electron chi connectivity index (χ3n) is 3.22. The Morgan fingerprint density at radius 1 is 1.59 bits per heavy atom. The third kappa shape index (κ3) is 2.25. The summed E-state index contributed by atoms with van der Waals surface area (Å²) in [5.41, 5.74) is 0. The molecule has 1 atom stereocenters. The van der Waals surface area contributed by atoms with Crippen molar-refractivity contribution in [3.05, 3.63) is 34.0 Å². The van der Waals surface area contributed by atoms with E-state index < -0.39 is 0 Å². The number of hydrogen-bond acceptors (Lipinski definition) is 4. The zero-order valence-electron chi connectivity index (χ0n) is 9.89. The first-order valence-electron chi connectivity index (χ1n) is 5.98. The van der Waals surface area contributed by atoms with Crippen molar-refractivity contribution in [2.45, 2.75) is 32.4 Å². The van der Waals surface area contributed by atoms with Gasteiger partial charge < -0.3 is 0 Å². The minimum Gasteiger partial charge on any atom is -0.288 e. The van der Waals surface area contributed by atoms with Gasteiger partial charge in [-0.1, -0.05) is 6.07 Å². The van der Waals surface area contributed by atoms with Crippen LogP contribution in [0.25, 0.3) is 0 Å². The van der Waals surface area contributed by atoms with E-state index in [1.807, 2.05) is 18.3 Å². The maximum absolute atomic E-state index is 4.47. The number of thiophene rings is 1. The number of nitrogens with zero attached hydrogens (tertiary/aromatic N) is 3. The SMILES string of the molecule is Cc1nc([C@@H]2CCCN2Cc2cccs2)n[nH]1. The van der Waals surface area contributed by atoms with Gasteiger partial charge >= 0.3 is 0 Å². The Hall–Kier alpha value is -1.20. The molecule has 4 nitrogen and oxygen atoms in total. The summed E-state index contributed by atoms with van der Waals surface area (Å²) in [6.07, 6.45) is 2.41. The van der Waals surface area contributed by atoms with E-state index in [9.17, 15) is 0 Å². The molecule has 0 unspecified atom stereocenters. The van der Waals surface area contributed by atoms with Gasteiger partial charge in [-0.2, -0.15) is 5.10 Å². The first kappa shape index (κ1) is 10.9. The van der Waals surface area contributed by atoms with E-state index in [1.54, 1.807) is 0 Å². The lowest BCUT2D eigenvalue weighted by molar-refractivity contribution is 0.242. The standard InChI is InChI=1S/C12H16N4S/c1-9-13-12(15-14-9)11-5-2-6-16(11)8-10-4-3-7-17-10/h3-4,7,11H,2,5-6,8H2,1H3,(H,13,14,15)/t11-/m0/s1. The Morgan fingerprint density at radius 2 is 2.53 bits per heavy atom.